The molecule has 0 aliphatic carbocycles. The number of carbonyl (C=O) groups excluding carboxylic acids is 2. The average molecular weight is 366 g/mol. The number of nitrogens with one attached hydrogen (secondary N) is 2. The van der Waals surface area contributed by atoms with E-state index in [0.29, 0.717) is 25.9 Å². The van der Waals surface area contributed by atoms with Gasteiger partial charge in [0, 0.05) is 39.0 Å². The van der Waals surface area contributed by atoms with Gasteiger partial charge in [0.05, 0.1) is 0 Å². The molecular formula is C21H39N3O2. The molecule has 2 N–H and O–H groups in total. The van der Waals surface area contributed by atoms with E-state index < -0.39 is 0 Å². The second kappa shape index (κ2) is 18.2. The highest BCUT2D eigenvalue weighted by atomic mass is 16.2. The zero-order valence-electron chi connectivity index (χ0n) is 17.1. The summed E-state index contributed by atoms with van der Waals surface area (Å²) in [5.41, 5.74) is 0. The summed E-state index contributed by atoms with van der Waals surface area (Å²) >= 11 is 0. The van der Waals surface area contributed by atoms with E-state index in [0.717, 1.165) is 51.6 Å². The Kier molecular flexibility index (Phi) is 17.0. The van der Waals surface area contributed by atoms with Gasteiger partial charge in [-0.1, -0.05) is 38.2 Å². The summed E-state index contributed by atoms with van der Waals surface area (Å²) < 4.78 is 0. The largest absolute Gasteiger partial charge is 0.355 e. The molecule has 5 heteroatoms. The first-order chi connectivity index (χ1) is 12.6. The molecule has 0 spiro atoms. The van der Waals surface area contributed by atoms with Gasteiger partial charge in [-0.2, -0.15) is 0 Å². The van der Waals surface area contributed by atoms with E-state index in [1.807, 2.05) is 7.05 Å². The average Bonchev–Trinajstić information content (AvgIpc) is 2.61. The minimum Gasteiger partial charge on any atom is -0.355 e. The maximum Gasteiger partial charge on any atom is 0.220 e. The fourth-order valence-electron chi connectivity index (χ4n) is 2.39. The topological polar surface area (TPSA) is 61.4 Å². The van der Waals surface area contributed by atoms with Crippen LogP contribution >= 0.6 is 0 Å². The second-order valence-electron chi connectivity index (χ2n) is 6.55. The molecule has 150 valence electrons. The Morgan fingerprint density at radius 2 is 1.19 bits per heavy atom. The van der Waals surface area contributed by atoms with E-state index in [1.165, 1.54) is 0 Å². The van der Waals surface area contributed by atoms with Crippen LogP contribution in [0.1, 0.15) is 65.2 Å². The zero-order chi connectivity index (χ0) is 19.5. The van der Waals surface area contributed by atoms with E-state index in [1.54, 1.807) is 0 Å². The van der Waals surface area contributed by atoms with Crippen molar-refractivity contribution in [3.05, 3.63) is 24.3 Å². The van der Waals surface area contributed by atoms with Crippen molar-refractivity contribution in [3.8, 4) is 0 Å². The van der Waals surface area contributed by atoms with Crippen LogP contribution in [0.3, 0.4) is 0 Å². The molecule has 0 saturated carbocycles. The lowest BCUT2D eigenvalue weighted by Gasteiger charge is -2.17. The molecule has 0 unspecified atom stereocenters. The minimum absolute atomic E-state index is 0.119. The lowest BCUT2D eigenvalue weighted by atomic mass is 10.2. The van der Waals surface area contributed by atoms with Gasteiger partial charge < -0.3 is 15.5 Å². The predicted octanol–water partition coefficient (Wildman–Crippen LogP) is 3.42. The summed E-state index contributed by atoms with van der Waals surface area (Å²) in [6.45, 7) is 7.10. The molecule has 0 fully saturated rings. The van der Waals surface area contributed by atoms with E-state index in [9.17, 15) is 9.59 Å². The number of rotatable bonds is 16. The number of carbonyl (C=O) groups is 2. The summed E-state index contributed by atoms with van der Waals surface area (Å²) in [4.78, 5) is 25.5. The first kappa shape index (κ1) is 24.4. The van der Waals surface area contributed by atoms with Crippen molar-refractivity contribution >= 4 is 11.8 Å². The highest BCUT2D eigenvalue weighted by molar-refractivity contribution is 5.76. The summed E-state index contributed by atoms with van der Waals surface area (Å²) in [5, 5.41) is 5.90. The van der Waals surface area contributed by atoms with Crippen molar-refractivity contribution in [1.29, 1.82) is 0 Å². The maximum atomic E-state index is 11.7. The lowest BCUT2D eigenvalue weighted by Crippen LogP contribution is -2.37. The van der Waals surface area contributed by atoms with Crippen molar-refractivity contribution in [2.75, 3.05) is 33.2 Å². The van der Waals surface area contributed by atoms with Crippen molar-refractivity contribution in [3.63, 3.8) is 0 Å². The van der Waals surface area contributed by atoms with Crippen LogP contribution in [0.5, 0.6) is 0 Å². The van der Waals surface area contributed by atoms with Crippen LogP contribution < -0.4 is 10.6 Å². The predicted molar refractivity (Wildman–Crippen MR) is 110 cm³/mol. The van der Waals surface area contributed by atoms with Gasteiger partial charge in [-0.05, 0) is 45.6 Å². The number of hydrogen-bond donors (Lipinski definition) is 2. The van der Waals surface area contributed by atoms with Gasteiger partial charge in [0.2, 0.25) is 11.8 Å². The smallest absolute Gasteiger partial charge is 0.220 e. The molecule has 0 bridgehead atoms. The molecule has 0 aliphatic heterocycles. The van der Waals surface area contributed by atoms with E-state index >= 15 is 0 Å². The molecule has 0 aliphatic rings. The standard InChI is InChI=1S/C21H39N3O2/c1-4-6-8-10-12-14-20(25)22-16-18-24(3)19-17-23-21(26)15-13-11-9-7-5-2/h6-9H,4-5,10-19H2,1-3H3,(H,22,25)(H,23,26)/b8-6+,9-7+. The first-order valence-corrected chi connectivity index (χ1v) is 10.1. The fraction of sp³-hybridized carbons (Fsp3) is 0.714. The SMILES string of the molecule is CC/C=C/CCCC(=O)NCCN(C)CCNC(=O)CCC/C=C/CC. The Labute approximate surface area is 160 Å². The number of unbranched alkanes of at least 4 members (excludes halogenated alkanes) is 2. The van der Waals surface area contributed by atoms with Crippen LogP contribution in [0.2, 0.25) is 0 Å². The summed E-state index contributed by atoms with van der Waals surface area (Å²) in [5.74, 6) is 0.238. The third-order valence-corrected chi connectivity index (χ3v) is 3.99. The van der Waals surface area contributed by atoms with E-state index in [2.05, 4.69) is 53.7 Å². The molecule has 5 nitrogen and oxygen atoms in total. The number of likely N-dealkylation sites (N-methyl/N-ethyl adjacent to an activating group) is 1. The van der Waals surface area contributed by atoms with Gasteiger partial charge in [-0.3, -0.25) is 9.59 Å². The third-order valence-electron chi connectivity index (χ3n) is 3.99. The van der Waals surface area contributed by atoms with Gasteiger partial charge >= 0.3 is 0 Å². The summed E-state index contributed by atoms with van der Waals surface area (Å²) in [6, 6.07) is 0. The first-order valence-electron chi connectivity index (χ1n) is 10.1. The molecule has 0 aromatic rings. The molecule has 0 rings (SSSR count). The highest BCUT2D eigenvalue weighted by Crippen LogP contribution is 1.98. The van der Waals surface area contributed by atoms with Crippen molar-refractivity contribution in [1.82, 2.24) is 15.5 Å². The molecule has 0 aromatic carbocycles. The van der Waals surface area contributed by atoms with Gasteiger partial charge in [-0.25, -0.2) is 0 Å². The molecule has 0 aromatic heterocycles. The quantitative estimate of drug-likeness (QED) is 0.325. The van der Waals surface area contributed by atoms with Crippen LogP contribution in [0.25, 0.3) is 0 Å². The Balaban J connectivity index is 3.54. The van der Waals surface area contributed by atoms with Crippen molar-refractivity contribution < 1.29 is 9.59 Å². The second-order valence-corrected chi connectivity index (χ2v) is 6.55. The number of nitrogens with zero attached hydrogens (tertiary/aromatic N) is 1. The van der Waals surface area contributed by atoms with Gasteiger partial charge in [0.1, 0.15) is 0 Å². The van der Waals surface area contributed by atoms with Crippen molar-refractivity contribution in [2.24, 2.45) is 0 Å². The van der Waals surface area contributed by atoms with E-state index in [4.69, 9.17) is 0 Å². The van der Waals surface area contributed by atoms with Crippen LogP contribution in [-0.4, -0.2) is 49.9 Å². The molecule has 0 heterocycles. The van der Waals surface area contributed by atoms with Crippen molar-refractivity contribution in [2.45, 2.75) is 65.2 Å². The molecule has 0 atom stereocenters. The van der Waals surface area contributed by atoms with E-state index in [-0.39, 0.29) is 11.8 Å². The highest BCUT2D eigenvalue weighted by Gasteiger charge is 2.03. The minimum atomic E-state index is 0.119. The fourth-order valence-corrected chi connectivity index (χ4v) is 2.39. The molecule has 0 saturated heterocycles. The maximum absolute atomic E-state index is 11.7. The Morgan fingerprint density at radius 3 is 1.58 bits per heavy atom. The number of hydrogen-bond acceptors (Lipinski definition) is 3. The monoisotopic (exact) mass is 365 g/mol. The molecule has 26 heavy (non-hydrogen) atoms. The molecule has 2 amide bonds. The number of allylic oxidation sites excluding steroid dienone is 4. The van der Waals surface area contributed by atoms with Gasteiger partial charge in [0.25, 0.3) is 0 Å². The van der Waals surface area contributed by atoms with Crippen LogP contribution in [-0.2, 0) is 9.59 Å². The summed E-state index contributed by atoms with van der Waals surface area (Å²) in [6.07, 6.45) is 15.5. The summed E-state index contributed by atoms with van der Waals surface area (Å²) in [7, 11) is 2.00. The Bertz CT molecular complexity index is 381. The number of amides is 2. The lowest BCUT2D eigenvalue weighted by molar-refractivity contribution is -0.121. The van der Waals surface area contributed by atoms with Crippen LogP contribution in [0, 0.1) is 0 Å². The zero-order valence-corrected chi connectivity index (χ0v) is 17.1. The molecular weight excluding hydrogens is 326 g/mol. The normalized spacial score (nSPS) is 11.5. The Hall–Kier alpha value is -1.62. The third kappa shape index (κ3) is 17.2. The molecule has 0 radical (unpaired) electrons. The van der Waals surface area contributed by atoms with Gasteiger partial charge in [-0.15, -0.1) is 0 Å². The van der Waals surface area contributed by atoms with Crippen LogP contribution in [0.4, 0.5) is 0 Å². The Morgan fingerprint density at radius 1 is 0.769 bits per heavy atom. The van der Waals surface area contributed by atoms with Crippen LogP contribution in [0.15, 0.2) is 24.3 Å². The van der Waals surface area contributed by atoms with Gasteiger partial charge in [0.15, 0.2) is 0 Å².